The first-order chi connectivity index (χ1) is 10.8. The molecule has 0 aliphatic carbocycles. The summed E-state index contributed by atoms with van der Waals surface area (Å²) in [5.41, 5.74) is 0.778. The minimum absolute atomic E-state index is 0.106. The molecule has 1 aromatic rings. The molecule has 0 bridgehead atoms. The van der Waals surface area contributed by atoms with Gasteiger partial charge >= 0.3 is 6.18 Å². The van der Waals surface area contributed by atoms with Gasteiger partial charge in [-0.15, -0.1) is 0 Å². The quantitative estimate of drug-likeness (QED) is 0.921. The largest absolute Gasteiger partial charge is 0.414 e. The summed E-state index contributed by atoms with van der Waals surface area (Å²) in [5.74, 6) is -0.890. The Balaban J connectivity index is 1.83. The maximum atomic E-state index is 12.5. The lowest BCUT2D eigenvalue weighted by molar-refractivity contribution is -0.223. The maximum Gasteiger partial charge on any atom is 0.414 e. The predicted molar refractivity (Wildman–Crippen MR) is 81.1 cm³/mol. The fraction of sp³-hybridized carbons (Fsp3) is 0.562. The van der Waals surface area contributed by atoms with E-state index < -0.39 is 18.2 Å². The molecule has 128 valence electrons. The number of benzene rings is 1. The molecule has 1 saturated heterocycles. The summed E-state index contributed by atoms with van der Waals surface area (Å²) in [6.45, 7) is 0.929. The van der Waals surface area contributed by atoms with Gasteiger partial charge in [-0.2, -0.15) is 13.2 Å². The lowest BCUT2D eigenvalue weighted by atomic mass is 9.91. The Hall–Kier alpha value is -1.60. The highest BCUT2D eigenvalue weighted by Crippen LogP contribution is 2.31. The molecule has 1 aromatic carbocycles. The number of likely N-dealkylation sites (tertiary alicyclic amines) is 1. The van der Waals surface area contributed by atoms with Crippen LogP contribution in [0.15, 0.2) is 30.3 Å². The van der Waals surface area contributed by atoms with Crippen LogP contribution >= 0.6 is 0 Å². The number of carbonyl (C=O) groups excluding carboxylic acids is 1. The smallest absolute Gasteiger partial charge is 0.383 e. The third-order valence-corrected chi connectivity index (χ3v) is 4.29. The van der Waals surface area contributed by atoms with Crippen molar-refractivity contribution in [1.29, 1.82) is 0 Å². The van der Waals surface area contributed by atoms with E-state index in [2.05, 4.69) is 0 Å². The minimum atomic E-state index is -4.57. The molecule has 0 aromatic heterocycles. The van der Waals surface area contributed by atoms with E-state index in [0.29, 0.717) is 13.1 Å². The summed E-state index contributed by atoms with van der Waals surface area (Å²) in [6, 6.07) is 9.18. The molecule has 1 N–H and O–H groups in total. The Morgan fingerprint density at radius 2 is 1.87 bits per heavy atom. The van der Waals surface area contributed by atoms with Gasteiger partial charge in [0.1, 0.15) is 0 Å². The van der Waals surface area contributed by atoms with Gasteiger partial charge in [-0.1, -0.05) is 18.2 Å². The van der Waals surface area contributed by atoms with E-state index in [1.54, 1.807) is 7.05 Å². The molecule has 4 nitrogen and oxygen atoms in total. The highest BCUT2D eigenvalue weighted by molar-refractivity contribution is 5.94. The average Bonchev–Trinajstić information content (AvgIpc) is 2.54. The van der Waals surface area contributed by atoms with Crippen LogP contribution in [0.25, 0.3) is 0 Å². The van der Waals surface area contributed by atoms with Gasteiger partial charge in [-0.25, -0.2) is 0 Å². The van der Waals surface area contributed by atoms with Gasteiger partial charge in [0, 0.05) is 12.7 Å². The van der Waals surface area contributed by atoms with E-state index in [1.165, 1.54) is 4.90 Å². The van der Waals surface area contributed by atoms with Gasteiger partial charge in [0.25, 0.3) is 0 Å². The zero-order valence-corrected chi connectivity index (χ0v) is 13.0. The van der Waals surface area contributed by atoms with Crippen molar-refractivity contribution >= 4 is 11.6 Å². The molecule has 1 aliphatic heterocycles. The van der Waals surface area contributed by atoms with Crippen molar-refractivity contribution in [1.82, 2.24) is 4.90 Å². The second-order valence-electron chi connectivity index (χ2n) is 5.89. The normalized spacial score (nSPS) is 18.7. The molecule has 0 saturated carbocycles. The van der Waals surface area contributed by atoms with E-state index >= 15 is 0 Å². The molecular weight excluding hydrogens is 309 g/mol. The van der Waals surface area contributed by atoms with Crippen molar-refractivity contribution < 1.29 is 23.1 Å². The van der Waals surface area contributed by atoms with Crippen LogP contribution in [0.3, 0.4) is 0 Å². The van der Waals surface area contributed by atoms with Crippen molar-refractivity contribution in [2.75, 3.05) is 31.6 Å². The van der Waals surface area contributed by atoms with Crippen LogP contribution in [-0.4, -0.2) is 54.9 Å². The van der Waals surface area contributed by atoms with E-state index in [0.717, 1.165) is 5.69 Å². The number of likely N-dealkylation sites (N-methyl/N-ethyl adjacent to an activating group) is 1. The number of hydrogen-bond donors (Lipinski definition) is 1. The Morgan fingerprint density at radius 3 is 2.39 bits per heavy atom. The topological polar surface area (TPSA) is 43.8 Å². The van der Waals surface area contributed by atoms with Gasteiger partial charge < -0.3 is 10.0 Å². The van der Waals surface area contributed by atoms with E-state index in [1.807, 2.05) is 35.2 Å². The summed E-state index contributed by atoms with van der Waals surface area (Å²) < 4.78 is 37.5. The molecule has 23 heavy (non-hydrogen) atoms. The number of piperidine rings is 1. The van der Waals surface area contributed by atoms with Crippen LogP contribution < -0.4 is 4.90 Å². The maximum absolute atomic E-state index is 12.5. The first kappa shape index (κ1) is 17.7. The number of amides is 1. The SMILES string of the molecule is CN(C(=O)CN1CCC(C(O)C(F)(F)F)CC1)c1ccccc1. The number of alkyl halides is 3. The summed E-state index contributed by atoms with van der Waals surface area (Å²) >= 11 is 0. The Kier molecular flexibility index (Phi) is 5.64. The van der Waals surface area contributed by atoms with Crippen LogP contribution in [0.4, 0.5) is 18.9 Å². The molecule has 7 heteroatoms. The molecule has 1 heterocycles. The summed E-state index contributed by atoms with van der Waals surface area (Å²) in [4.78, 5) is 15.6. The van der Waals surface area contributed by atoms with Crippen molar-refractivity contribution in [3.63, 3.8) is 0 Å². The van der Waals surface area contributed by atoms with Gasteiger partial charge in [0.05, 0.1) is 6.54 Å². The van der Waals surface area contributed by atoms with E-state index in [-0.39, 0.29) is 25.3 Å². The molecular formula is C16H21F3N2O2. The predicted octanol–water partition coefficient (Wildman–Crippen LogP) is 2.28. The van der Waals surface area contributed by atoms with Gasteiger partial charge in [-0.3, -0.25) is 9.69 Å². The Morgan fingerprint density at radius 1 is 1.30 bits per heavy atom. The lowest BCUT2D eigenvalue weighted by Gasteiger charge is -2.35. The van der Waals surface area contributed by atoms with Crippen LogP contribution in [-0.2, 0) is 4.79 Å². The Bertz CT molecular complexity index is 514. The number of hydrogen-bond acceptors (Lipinski definition) is 3. The average molecular weight is 330 g/mol. The van der Waals surface area contributed by atoms with Crippen molar-refractivity contribution in [2.45, 2.75) is 25.1 Å². The van der Waals surface area contributed by atoms with E-state index in [4.69, 9.17) is 0 Å². The summed E-state index contributed by atoms with van der Waals surface area (Å²) in [6.07, 6.45) is -6.37. The van der Waals surface area contributed by atoms with Crippen LogP contribution in [0.2, 0.25) is 0 Å². The number of carbonyl (C=O) groups is 1. The molecule has 0 radical (unpaired) electrons. The first-order valence-corrected chi connectivity index (χ1v) is 7.58. The van der Waals surface area contributed by atoms with Gasteiger partial charge in [0.15, 0.2) is 6.10 Å². The van der Waals surface area contributed by atoms with Crippen LogP contribution in [0, 0.1) is 5.92 Å². The fourth-order valence-corrected chi connectivity index (χ4v) is 2.79. The molecule has 1 amide bonds. The zero-order valence-electron chi connectivity index (χ0n) is 13.0. The molecule has 1 atom stereocenters. The molecule has 1 aliphatic rings. The second kappa shape index (κ2) is 7.31. The molecule has 1 fully saturated rings. The molecule has 2 rings (SSSR count). The number of halogens is 3. The van der Waals surface area contributed by atoms with Crippen molar-refractivity contribution in [2.24, 2.45) is 5.92 Å². The van der Waals surface area contributed by atoms with Crippen LogP contribution in [0.5, 0.6) is 0 Å². The Labute approximate surface area is 133 Å². The fourth-order valence-electron chi connectivity index (χ4n) is 2.79. The van der Waals surface area contributed by atoms with Gasteiger partial charge in [0.2, 0.25) is 5.91 Å². The van der Waals surface area contributed by atoms with Crippen LogP contribution in [0.1, 0.15) is 12.8 Å². The highest BCUT2D eigenvalue weighted by atomic mass is 19.4. The molecule has 0 spiro atoms. The van der Waals surface area contributed by atoms with Crippen molar-refractivity contribution in [3.8, 4) is 0 Å². The minimum Gasteiger partial charge on any atom is -0.383 e. The highest BCUT2D eigenvalue weighted by Gasteiger charge is 2.44. The summed E-state index contributed by atoms with van der Waals surface area (Å²) in [5, 5.41) is 9.30. The lowest BCUT2D eigenvalue weighted by Crippen LogP contribution is -2.46. The number of aliphatic hydroxyl groups excluding tert-OH is 1. The number of nitrogens with zero attached hydrogens (tertiary/aromatic N) is 2. The van der Waals surface area contributed by atoms with Crippen molar-refractivity contribution in [3.05, 3.63) is 30.3 Å². The standard InChI is InChI=1S/C16H21F3N2O2/c1-20(13-5-3-2-4-6-13)14(22)11-21-9-7-12(8-10-21)15(23)16(17,18)19/h2-6,12,15,23H,7-11H2,1H3. The zero-order chi connectivity index (χ0) is 17.0. The second-order valence-corrected chi connectivity index (χ2v) is 5.89. The summed E-state index contributed by atoms with van der Waals surface area (Å²) in [7, 11) is 1.68. The number of rotatable bonds is 4. The number of para-hydroxylation sites is 1. The van der Waals surface area contributed by atoms with Gasteiger partial charge in [-0.05, 0) is 44.0 Å². The molecule has 1 unspecified atom stereocenters. The van der Waals surface area contributed by atoms with E-state index in [9.17, 15) is 23.1 Å². The number of anilines is 1. The first-order valence-electron chi connectivity index (χ1n) is 7.58. The third-order valence-electron chi connectivity index (χ3n) is 4.29. The monoisotopic (exact) mass is 330 g/mol. The third kappa shape index (κ3) is 4.68. The number of aliphatic hydroxyl groups is 1.